The molecule has 0 aliphatic carbocycles. The predicted molar refractivity (Wildman–Crippen MR) is 87.2 cm³/mol. The minimum absolute atomic E-state index is 0.225. The van der Waals surface area contributed by atoms with E-state index in [0.717, 1.165) is 12.3 Å². The van der Waals surface area contributed by atoms with E-state index in [1.165, 1.54) is 5.56 Å². The molecule has 1 rings (SSSR count). The topological polar surface area (TPSA) is 21.3 Å². The van der Waals surface area contributed by atoms with Gasteiger partial charge in [0.2, 0.25) is 0 Å². The Morgan fingerprint density at radius 3 is 2.00 bits per heavy atom. The standard InChI is InChI=1S/C18H31NO/c1-13(2)18(6,7)12-19-15(5)16-8-10-17(11-9-16)20-14(3)4/h8-11,13-15,19H,12H2,1-7H3. The van der Waals surface area contributed by atoms with E-state index in [0.29, 0.717) is 17.4 Å². The van der Waals surface area contributed by atoms with Crippen molar-refractivity contribution in [3.63, 3.8) is 0 Å². The van der Waals surface area contributed by atoms with Crippen LogP contribution in [0.4, 0.5) is 0 Å². The fraction of sp³-hybridized carbons (Fsp3) is 0.667. The highest BCUT2D eigenvalue weighted by Gasteiger charge is 2.22. The number of nitrogens with one attached hydrogen (secondary N) is 1. The van der Waals surface area contributed by atoms with E-state index < -0.39 is 0 Å². The van der Waals surface area contributed by atoms with Gasteiger partial charge in [-0.2, -0.15) is 0 Å². The maximum atomic E-state index is 5.67. The maximum absolute atomic E-state index is 5.67. The molecule has 0 amide bonds. The van der Waals surface area contributed by atoms with Gasteiger partial charge in [-0.15, -0.1) is 0 Å². The van der Waals surface area contributed by atoms with Crippen molar-refractivity contribution < 1.29 is 4.74 Å². The molecule has 1 aromatic rings. The largest absolute Gasteiger partial charge is 0.491 e. The van der Waals surface area contributed by atoms with E-state index >= 15 is 0 Å². The highest BCUT2D eigenvalue weighted by molar-refractivity contribution is 5.29. The van der Waals surface area contributed by atoms with Gasteiger partial charge in [-0.3, -0.25) is 0 Å². The maximum Gasteiger partial charge on any atom is 0.119 e. The second kappa shape index (κ2) is 7.12. The molecule has 0 saturated carbocycles. The molecule has 0 spiro atoms. The molecule has 114 valence electrons. The molecular formula is C18H31NO. The Hall–Kier alpha value is -1.02. The molecule has 2 nitrogen and oxygen atoms in total. The van der Waals surface area contributed by atoms with Gasteiger partial charge >= 0.3 is 0 Å². The molecule has 1 N–H and O–H groups in total. The summed E-state index contributed by atoms with van der Waals surface area (Å²) in [6.07, 6.45) is 0.225. The number of hydrogen-bond donors (Lipinski definition) is 1. The Morgan fingerprint density at radius 2 is 1.55 bits per heavy atom. The summed E-state index contributed by atoms with van der Waals surface area (Å²) in [5.74, 6) is 1.61. The molecule has 0 saturated heterocycles. The van der Waals surface area contributed by atoms with Gasteiger partial charge in [0.1, 0.15) is 5.75 Å². The van der Waals surface area contributed by atoms with Crippen LogP contribution in [0.5, 0.6) is 5.75 Å². The highest BCUT2D eigenvalue weighted by atomic mass is 16.5. The normalized spacial score (nSPS) is 13.8. The smallest absolute Gasteiger partial charge is 0.119 e. The van der Waals surface area contributed by atoms with E-state index in [1.54, 1.807) is 0 Å². The predicted octanol–water partition coefficient (Wildman–Crippen LogP) is 4.81. The van der Waals surface area contributed by atoms with Crippen molar-refractivity contribution in [2.75, 3.05) is 6.54 Å². The summed E-state index contributed by atoms with van der Waals surface area (Å²) >= 11 is 0. The summed E-state index contributed by atoms with van der Waals surface area (Å²) in [4.78, 5) is 0. The third-order valence-electron chi connectivity index (χ3n) is 4.18. The van der Waals surface area contributed by atoms with Crippen molar-refractivity contribution >= 4 is 0 Å². The zero-order valence-electron chi connectivity index (χ0n) is 14.2. The number of hydrogen-bond acceptors (Lipinski definition) is 2. The summed E-state index contributed by atoms with van der Waals surface area (Å²) in [6.45, 7) is 16.5. The van der Waals surface area contributed by atoms with Crippen molar-refractivity contribution in [3.05, 3.63) is 29.8 Å². The third-order valence-corrected chi connectivity index (χ3v) is 4.18. The zero-order valence-corrected chi connectivity index (χ0v) is 14.2. The average Bonchev–Trinajstić information content (AvgIpc) is 2.36. The molecule has 0 heterocycles. The van der Waals surface area contributed by atoms with Gasteiger partial charge in [-0.1, -0.05) is 39.8 Å². The van der Waals surface area contributed by atoms with Crippen molar-refractivity contribution in [2.45, 2.75) is 60.6 Å². The van der Waals surface area contributed by atoms with Gasteiger partial charge in [-0.25, -0.2) is 0 Å². The van der Waals surface area contributed by atoms with E-state index in [2.05, 4.69) is 64.2 Å². The van der Waals surface area contributed by atoms with Gasteiger partial charge in [0.05, 0.1) is 6.10 Å². The van der Waals surface area contributed by atoms with Crippen molar-refractivity contribution in [2.24, 2.45) is 11.3 Å². The van der Waals surface area contributed by atoms with Gasteiger partial charge in [0, 0.05) is 12.6 Å². The van der Waals surface area contributed by atoms with E-state index in [9.17, 15) is 0 Å². The Balaban J connectivity index is 2.57. The van der Waals surface area contributed by atoms with Crippen molar-refractivity contribution in [1.29, 1.82) is 0 Å². The van der Waals surface area contributed by atoms with Gasteiger partial charge in [0.15, 0.2) is 0 Å². The Kier molecular flexibility index (Phi) is 6.07. The molecule has 0 aliphatic heterocycles. The Labute approximate surface area is 124 Å². The molecule has 1 unspecified atom stereocenters. The second-order valence-electron chi connectivity index (χ2n) is 6.98. The molecule has 2 heteroatoms. The van der Waals surface area contributed by atoms with Crippen LogP contribution in [0.25, 0.3) is 0 Å². The molecule has 1 aromatic carbocycles. The van der Waals surface area contributed by atoms with Gasteiger partial charge < -0.3 is 10.1 Å². The first-order valence-electron chi connectivity index (χ1n) is 7.72. The lowest BCUT2D eigenvalue weighted by molar-refractivity contribution is 0.230. The molecule has 0 aromatic heterocycles. The average molecular weight is 277 g/mol. The number of benzene rings is 1. The number of rotatable bonds is 7. The molecule has 0 aliphatic rings. The Morgan fingerprint density at radius 1 is 1.00 bits per heavy atom. The SMILES string of the molecule is CC(C)Oc1ccc(C(C)NCC(C)(C)C(C)C)cc1. The molecule has 0 radical (unpaired) electrons. The van der Waals surface area contributed by atoms with Crippen molar-refractivity contribution in [1.82, 2.24) is 5.32 Å². The van der Waals surface area contributed by atoms with Gasteiger partial charge in [-0.05, 0) is 49.8 Å². The summed E-state index contributed by atoms with van der Waals surface area (Å²) in [5.41, 5.74) is 1.62. The fourth-order valence-electron chi connectivity index (χ4n) is 1.85. The summed E-state index contributed by atoms with van der Waals surface area (Å²) in [6, 6.07) is 8.78. The van der Waals surface area contributed by atoms with Gasteiger partial charge in [0.25, 0.3) is 0 Å². The molecule has 0 fully saturated rings. The van der Waals surface area contributed by atoms with Crippen LogP contribution in [0, 0.1) is 11.3 Å². The zero-order chi connectivity index (χ0) is 15.3. The van der Waals surface area contributed by atoms with E-state index in [-0.39, 0.29) is 6.10 Å². The van der Waals surface area contributed by atoms with Crippen LogP contribution in [0.3, 0.4) is 0 Å². The van der Waals surface area contributed by atoms with Crippen LogP contribution >= 0.6 is 0 Å². The van der Waals surface area contributed by atoms with Crippen LogP contribution in [-0.4, -0.2) is 12.6 Å². The van der Waals surface area contributed by atoms with Crippen LogP contribution in [0.15, 0.2) is 24.3 Å². The Bertz CT molecular complexity index is 392. The van der Waals surface area contributed by atoms with Crippen LogP contribution in [0.1, 0.15) is 60.1 Å². The molecular weight excluding hydrogens is 246 g/mol. The molecule has 0 bridgehead atoms. The van der Waals surface area contributed by atoms with E-state index in [4.69, 9.17) is 4.74 Å². The summed E-state index contributed by atoms with van der Waals surface area (Å²) in [5, 5.41) is 3.64. The third kappa shape index (κ3) is 5.16. The minimum atomic E-state index is 0.225. The van der Waals surface area contributed by atoms with E-state index in [1.807, 2.05) is 13.8 Å². The van der Waals surface area contributed by atoms with Crippen molar-refractivity contribution in [3.8, 4) is 5.75 Å². The van der Waals surface area contributed by atoms with Crippen LogP contribution in [0.2, 0.25) is 0 Å². The summed E-state index contributed by atoms with van der Waals surface area (Å²) in [7, 11) is 0. The second-order valence-corrected chi connectivity index (χ2v) is 6.98. The number of ether oxygens (including phenoxy) is 1. The molecule has 20 heavy (non-hydrogen) atoms. The lowest BCUT2D eigenvalue weighted by Crippen LogP contribution is -2.34. The highest BCUT2D eigenvalue weighted by Crippen LogP contribution is 2.26. The summed E-state index contributed by atoms with van der Waals surface area (Å²) < 4.78 is 5.67. The molecule has 1 atom stereocenters. The van der Waals surface area contributed by atoms with Crippen LogP contribution < -0.4 is 10.1 Å². The quantitative estimate of drug-likeness (QED) is 0.772. The lowest BCUT2D eigenvalue weighted by Gasteiger charge is -2.31. The lowest BCUT2D eigenvalue weighted by atomic mass is 9.81. The first kappa shape index (κ1) is 17.0. The minimum Gasteiger partial charge on any atom is -0.491 e. The first-order valence-corrected chi connectivity index (χ1v) is 7.72. The first-order chi connectivity index (χ1) is 9.22. The van der Waals surface area contributed by atoms with Crippen LogP contribution in [-0.2, 0) is 0 Å². The monoisotopic (exact) mass is 277 g/mol. The fourth-order valence-corrected chi connectivity index (χ4v) is 1.85.